The molecule has 0 saturated heterocycles. The third-order valence-electron chi connectivity index (χ3n) is 10.6. The van der Waals surface area contributed by atoms with Gasteiger partial charge in [-0.3, -0.25) is 0 Å². The smallest absolute Gasteiger partial charge is 0.0601 e. The molecular weight excluding hydrogens is 623 g/mol. The van der Waals surface area contributed by atoms with Crippen molar-refractivity contribution in [3.8, 4) is 33.4 Å². The zero-order valence-electron chi connectivity index (χ0n) is 27.8. The molecule has 7 aromatic rings. The van der Waals surface area contributed by atoms with Gasteiger partial charge in [0.1, 0.15) is 0 Å². The van der Waals surface area contributed by atoms with Crippen LogP contribution in [0.15, 0.2) is 161 Å². The molecule has 0 bridgehead atoms. The normalized spacial score (nSPS) is 14.2. The molecule has 1 nitrogen and oxygen atoms in total. The van der Waals surface area contributed by atoms with Gasteiger partial charge in [-0.1, -0.05) is 133 Å². The van der Waals surface area contributed by atoms with E-state index in [0.29, 0.717) is 0 Å². The summed E-state index contributed by atoms with van der Waals surface area (Å²) in [6.45, 7) is 0. The molecule has 0 spiro atoms. The molecule has 238 valence electrons. The van der Waals surface area contributed by atoms with Crippen LogP contribution in [0.2, 0.25) is 0 Å². The van der Waals surface area contributed by atoms with Crippen molar-refractivity contribution in [2.45, 2.75) is 35.5 Å². The van der Waals surface area contributed by atoms with Crippen LogP contribution < -0.4 is 4.90 Å². The van der Waals surface area contributed by atoms with Gasteiger partial charge in [0.15, 0.2) is 0 Å². The minimum Gasteiger partial charge on any atom is -0.308 e. The van der Waals surface area contributed by atoms with Crippen LogP contribution in [0.25, 0.3) is 56.3 Å². The highest BCUT2D eigenvalue weighted by Gasteiger charge is 2.28. The summed E-state index contributed by atoms with van der Waals surface area (Å²) in [6, 6.07) is 51.4. The Kier molecular flexibility index (Phi) is 7.10. The standard InChI is InChI=1S/C48H35NS/c1-3-15-32(16-4-1)40-31-41(33-17-5-2-6-18-33)47-38-21-9-7-19-36(38)37-20-8-10-22-39(37)48(47)46(40)34-27-29-35(30-28-34)49-42-23-11-13-25-44(42)50-45-26-14-12-24-43(45)49/h1-6,9-18,21-31H,7-8,19-20H2. The fourth-order valence-corrected chi connectivity index (χ4v) is 9.46. The number of nitrogens with zero attached hydrogens (tertiary/aromatic N) is 1. The lowest BCUT2D eigenvalue weighted by Gasteiger charge is -2.33. The van der Waals surface area contributed by atoms with Gasteiger partial charge in [-0.15, -0.1) is 0 Å². The fraction of sp³-hybridized carbons (Fsp3) is 0.0833. The van der Waals surface area contributed by atoms with E-state index >= 15 is 0 Å². The molecular formula is C48H35NS. The summed E-state index contributed by atoms with van der Waals surface area (Å²) in [6.07, 6.45) is 14.0. The number of rotatable bonds is 4. The van der Waals surface area contributed by atoms with Crippen molar-refractivity contribution < 1.29 is 0 Å². The molecule has 0 amide bonds. The molecule has 10 rings (SSSR count). The number of allylic oxidation sites excluding steroid dienone is 2. The predicted octanol–water partition coefficient (Wildman–Crippen LogP) is 13.7. The highest BCUT2D eigenvalue weighted by molar-refractivity contribution is 7.99. The summed E-state index contributed by atoms with van der Waals surface area (Å²) in [4.78, 5) is 4.98. The minimum absolute atomic E-state index is 1.10. The molecule has 1 aliphatic heterocycles. The van der Waals surface area contributed by atoms with E-state index in [9.17, 15) is 0 Å². The molecule has 7 aromatic carbocycles. The van der Waals surface area contributed by atoms with Crippen molar-refractivity contribution in [1.29, 1.82) is 0 Å². The number of hydrogen-bond acceptors (Lipinski definition) is 2. The van der Waals surface area contributed by atoms with Crippen LogP contribution in [0.3, 0.4) is 0 Å². The van der Waals surface area contributed by atoms with Crippen LogP contribution in [0, 0.1) is 0 Å². The van der Waals surface area contributed by atoms with Gasteiger partial charge >= 0.3 is 0 Å². The van der Waals surface area contributed by atoms with Crippen LogP contribution in [0.5, 0.6) is 0 Å². The van der Waals surface area contributed by atoms with Crippen LogP contribution in [0.4, 0.5) is 17.1 Å². The monoisotopic (exact) mass is 657 g/mol. The van der Waals surface area contributed by atoms with Gasteiger partial charge in [-0.25, -0.2) is 0 Å². The number of anilines is 3. The molecule has 0 radical (unpaired) electrons. The molecule has 2 heteroatoms. The minimum atomic E-state index is 1.10. The van der Waals surface area contributed by atoms with Crippen LogP contribution >= 0.6 is 11.8 Å². The third-order valence-corrected chi connectivity index (χ3v) is 11.7. The summed E-state index contributed by atoms with van der Waals surface area (Å²) in [5.41, 5.74) is 17.2. The molecule has 0 fully saturated rings. The summed E-state index contributed by atoms with van der Waals surface area (Å²) < 4.78 is 0. The molecule has 50 heavy (non-hydrogen) atoms. The second-order valence-corrected chi connectivity index (χ2v) is 14.5. The fourth-order valence-electron chi connectivity index (χ4n) is 8.41. The van der Waals surface area contributed by atoms with Gasteiger partial charge in [0.2, 0.25) is 0 Å². The lowest BCUT2D eigenvalue weighted by molar-refractivity contribution is 0.911. The van der Waals surface area contributed by atoms with E-state index in [1.807, 2.05) is 11.8 Å². The summed E-state index contributed by atoms with van der Waals surface area (Å²) >= 11 is 1.85. The van der Waals surface area contributed by atoms with E-state index in [-0.39, 0.29) is 0 Å². The molecule has 0 N–H and O–H groups in total. The number of fused-ring (bicyclic) bond motifs is 8. The first-order chi connectivity index (χ1) is 24.8. The molecule has 0 aromatic heterocycles. The zero-order chi connectivity index (χ0) is 33.0. The van der Waals surface area contributed by atoms with Crippen LogP contribution in [0.1, 0.15) is 35.1 Å². The van der Waals surface area contributed by atoms with E-state index in [0.717, 1.165) is 25.7 Å². The molecule has 0 unspecified atom stereocenters. The Morgan fingerprint density at radius 2 is 0.980 bits per heavy atom. The summed E-state index contributed by atoms with van der Waals surface area (Å²) in [7, 11) is 0. The SMILES string of the molecule is C1=Cc2c(c3c(c4c(-c5ccc(N6c7ccccc7Sc7ccccc76)cc5)c(-c5ccccc5)cc(-c5ccccc5)c24)C=CCC3)CC1. The van der Waals surface area contributed by atoms with Crippen molar-refractivity contribution in [2.75, 3.05) is 4.90 Å². The van der Waals surface area contributed by atoms with Crippen LogP contribution in [-0.2, 0) is 12.8 Å². The molecule has 1 heterocycles. The summed E-state index contributed by atoms with van der Waals surface area (Å²) in [5.74, 6) is 0. The van der Waals surface area contributed by atoms with Crippen molar-refractivity contribution in [3.05, 3.63) is 174 Å². The van der Waals surface area contributed by atoms with Gasteiger partial charge < -0.3 is 4.90 Å². The maximum atomic E-state index is 2.48. The van der Waals surface area contributed by atoms with Crippen molar-refractivity contribution >= 4 is 51.7 Å². The maximum Gasteiger partial charge on any atom is 0.0601 e. The molecule has 3 aliphatic rings. The van der Waals surface area contributed by atoms with Gasteiger partial charge in [-0.2, -0.15) is 0 Å². The Hall–Kier alpha value is -5.57. The van der Waals surface area contributed by atoms with E-state index in [1.165, 1.54) is 82.1 Å². The summed E-state index contributed by atoms with van der Waals surface area (Å²) in [5, 5.41) is 2.75. The zero-order valence-corrected chi connectivity index (χ0v) is 28.6. The van der Waals surface area contributed by atoms with Crippen molar-refractivity contribution in [1.82, 2.24) is 0 Å². The Labute approximate surface area is 298 Å². The first-order valence-corrected chi connectivity index (χ1v) is 18.5. The Bertz CT molecular complexity index is 2440. The Morgan fingerprint density at radius 3 is 1.58 bits per heavy atom. The van der Waals surface area contributed by atoms with Crippen LogP contribution in [-0.4, -0.2) is 0 Å². The number of hydrogen-bond donors (Lipinski definition) is 0. The van der Waals surface area contributed by atoms with Crippen molar-refractivity contribution in [2.24, 2.45) is 0 Å². The van der Waals surface area contributed by atoms with Gasteiger partial charge in [0.25, 0.3) is 0 Å². The second-order valence-electron chi connectivity index (χ2n) is 13.4. The molecule has 2 aliphatic carbocycles. The average molecular weight is 658 g/mol. The largest absolute Gasteiger partial charge is 0.308 e. The number of para-hydroxylation sites is 2. The third kappa shape index (κ3) is 4.70. The molecule has 0 atom stereocenters. The number of benzene rings is 7. The van der Waals surface area contributed by atoms with Gasteiger partial charge in [0, 0.05) is 15.5 Å². The Balaban J connectivity index is 1.27. The first kappa shape index (κ1) is 29.4. The van der Waals surface area contributed by atoms with Gasteiger partial charge in [-0.05, 0) is 135 Å². The van der Waals surface area contributed by atoms with E-state index < -0.39 is 0 Å². The lowest BCUT2D eigenvalue weighted by atomic mass is 9.75. The topological polar surface area (TPSA) is 3.24 Å². The van der Waals surface area contributed by atoms with Crippen molar-refractivity contribution in [3.63, 3.8) is 0 Å². The Morgan fingerprint density at radius 1 is 0.460 bits per heavy atom. The second kappa shape index (κ2) is 12.1. The maximum absolute atomic E-state index is 2.48. The highest BCUT2D eigenvalue weighted by atomic mass is 32.2. The quantitative estimate of drug-likeness (QED) is 0.185. The average Bonchev–Trinajstić information content (AvgIpc) is 3.20. The lowest BCUT2D eigenvalue weighted by Crippen LogP contribution is -2.14. The van der Waals surface area contributed by atoms with Gasteiger partial charge in [0.05, 0.1) is 11.4 Å². The van der Waals surface area contributed by atoms with E-state index in [1.54, 1.807) is 11.1 Å². The first-order valence-electron chi connectivity index (χ1n) is 17.7. The predicted molar refractivity (Wildman–Crippen MR) is 214 cm³/mol. The van der Waals surface area contributed by atoms with E-state index in [4.69, 9.17) is 0 Å². The van der Waals surface area contributed by atoms with E-state index in [2.05, 4.69) is 169 Å². The highest BCUT2D eigenvalue weighted by Crippen LogP contribution is 2.53. The molecule has 0 saturated carbocycles.